The standard InChI is InChI=1S/C11H20N2O2/c1-15-10-6-4-9(5-7-10)13-8-2-3-11(12)14/h2-3,9-10,13H,4-8H2,1H3,(H2,12,14). The molecule has 1 saturated carbocycles. The molecule has 0 spiro atoms. The van der Waals surface area contributed by atoms with Gasteiger partial charge in [-0.25, -0.2) is 0 Å². The molecule has 4 nitrogen and oxygen atoms in total. The molecule has 0 unspecified atom stereocenters. The van der Waals surface area contributed by atoms with Crippen LogP contribution in [0.2, 0.25) is 0 Å². The molecule has 1 aliphatic carbocycles. The number of rotatable bonds is 5. The number of ether oxygens (including phenoxy) is 1. The summed E-state index contributed by atoms with van der Waals surface area (Å²) >= 11 is 0. The Morgan fingerprint density at radius 1 is 1.47 bits per heavy atom. The van der Waals surface area contributed by atoms with E-state index in [9.17, 15) is 4.79 Å². The number of carbonyl (C=O) groups excluding carboxylic acids is 1. The van der Waals surface area contributed by atoms with Crippen LogP contribution in [0.3, 0.4) is 0 Å². The molecule has 86 valence electrons. The van der Waals surface area contributed by atoms with Crippen molar-refractivity contribution in [2.24, 2.45) is 5.73 Å². The first kappa shape index (κ1) is 12.2. The number of hydrogen-bond donors (Lipinski definition) is 2. The second-order valence-corrected chi connectivity index (χ2v) is 3.92. The summed E-state index contributed by atoms with van der Waals surface area (Å²) in [6.07, 6.45) is 8.12. The highest BCUT2D eigenvalue weighted by Crippen LogP contribution is 2.20. The molecule has 0 aromatic heterocycles. The molecule has 0 aliphatic heterocycles. The first-order valence-corrected chi connectivity index (χ1v) is 5.44. The van der Waals surface area contributed by atoms with E-state index in [1.807, 2.05) is 0 Å². The topological polar surface area (TPSA) is 64.3 Å². The van der Waals surface area contributed by atoms with Gasteiger partial charge in [-0.3, -0.25) is 4.79 Å². The number of carbonyl (C=O) groups is 1. The summed E-state index contributed by atoms with van der Waals surface area (Å²) in [6, 6.07) is 0.550. The van der Waals surface area contributed by atoms with E-state index in [2.05, 4.69) is 5.32 Å². The minimum atomic E-state index is -0.389. The van der Waals surface area contributed by atoms with Crippen LogP contribution in [-0.2, 0) is 9.53 Å². The third-order valence-electron chi connectivity index (χ3n) is 2.81. The van der Waals surface area contributed by atoms with E-state index < -0.39 is 0 Å². The maximum atomic E-state index is 10.4. The molecule has 4 heteroatoms. The molecule has 1 aliphatic rings. The van der Waals surface area contributed by atoms with Crippen molar-refractivity contribution < 1.29 is 9.53 Å². The van der Waals surface area contributed by atoms with Crippen molar-refractivity contribution in [3.63, 3.8) is 0 Å². The van der Waals surface area contributed by atoms with Gasteiger partial charge in [-0.2, -0.15) is 0 Å². The molecule has 0 aromatic carbocycles. The van der Waals surface area contributed by atoms with Gasteiger partial charge in [0.05, 0.1) is 6.10 Å². The summed E-state index contributed by atoms with van der Waals surface area (Å²) in [4.78, 5) is 10.4. The average Bonchev–Trinajstić information content (AvgIpc) is 2.25. The largest absolute Gasteiger partial charge is 0.381 e. The molecule has 15 heavy (non-hydrogen) atoms. The van der Waals surface area contributed by atoms with Crippen LogP contribution in [0.25, 0.3) is 0 Å². The smallest absolute Gasteiger partial charge is 0.241 e. The summed E-state index contributed by atoms with van der Waals surface area (Å²) in [5.41, 5.74) is 4.98. The lowest BCUT2D eigenvalue weighted by atomic mass is 9.93. The van der Waals surface area contributed by atoms with Crippen molar-refractivity contribution in [3.05, 3.63) is 12.2 Å². The van der Waals surface area contributed by atoms with Gasteiger partial charge in [0.15, 0.2) is 0 Å². The minimum absolute atomic E-state index is 0.389. The Morgan fingerprint density at radius 2 is 2.13 bits per heavy atom. The Kier molecular flexibility index (Phi) is 5.36. The zero-order chi connectivity index (χ0) is 11.1. The fourth-order valence-electron chi connectivity index (χ4n) is 1.91. The van der Waals surface area contributed by atoms with Gasteiger partial charge in [-0.15, -0.1) is 0 Å². The number of primary amides is 1. The molecule has 1 amide bonds. The number of hydrogen-bond acceptors (Lipinski definition) is 3. The van der Waals surface area contributed by atoms with Crippen LogP contribution >= 0.6 is 0 Å². The monoisotopic (exact) mass is 212 g/mol. The lowest BCUT2D eigenvalue weighted by Crippen LogP contribution is -2.35. The summed E-state index contributed by atoms with van der Waals surface area (Å²) in [7, 11) is 1.77. The van der Waals surface area contributed by atoms with Crippen LogP contribution in [0.15, 0.2) is 12.2 Å². The number of nitrogens with one attached hydrogen (secondary N) is 1. The molecule has 0 saturated heterocycles. The van der Waals surface area contributed by atoms with Crippen molar-refractivity contribution in [1.82, 2.24) is 5.32 Å². The Labute approximate surface area is 90.9 Å². The predicted molar refractivity (Wildman–Crippen MR) is 59.4 cm³/mol. The zero-order valence-corrected chi connectivity index (χ0v) is 9.24. The highest BCUT2D eigenvalue weighted by Gasteiger charge is 2.19. The first-order chi connectivity index (χ1) is 7.22. The van der Waals surface area contributed by atoms with Gasteiger partial charge in [0.1, 0.15) is 0 Å². The van der Waals surface area contributed by atoms with Crippen LogP contribution < -0.4 is 11.1 Å². The third-order valence-corrected chi connectivity index (χ3v) is 2.81. The van der Waals surface area contributed by atoms with Crippen LogP contribution in [0, 0.1) is 0 Å². The lowest BCUT2D eigenvalue weighted by molar-refractivity contribution is -0.113. The lowest BCUT2D eigenvalue weighted by Gasteiger charge is -2.27. The number of amides is 1. The molecule has 1 rings (SSSR count). The van der Waals surface area contributed by atoms with E-state index >= 15 is 0 Å². The van der Waals surface area contributed by atoms with Gasteiger partial charge in [0.25, 0.3) is 0 Å². The van der Waals surface area contributed by atoms with Gasteiger partial charge in [0.2, 0.25) is 5.91 Å². The maximum absolute atomic E-state index is 10.4. The summed E-state index contributed by atoms with van der Waals surface area (Å²) < 4.78 is 5.29. The highest BCUT2D eigenvalue weighted by atomic mass is 16.5. The molecule has 0 bridgehead atoms. The van der Waals surface area contributed by atoms with Crippen LogP contribution in [0.1, 0.15) is 25.7 Å². The van der Waals surface area contributed by atoms with Crippen LogP contribution in [0.5, 0.6) is 0 Å². The molecule has 0 atom stereocenters. The fraction of sp³-hybridized carbons (Fsp3) is 0.727. The van der Waals surface area contributed by atoms with Crippen LogP contribution in [-0.4, -0.2) is 31.7 Å². The van der Waals surface area contributed by atoms with Gasteiger partial charge in [0, 0.05) is 19.7 Å². The Bertz CT molecular complexity index is 221. The summed E-state index contributed by atoms with van der Waals surface area (Å²) in [5, 5.41) is 3.37. The van der Waals surface area contributed by atoms with E-state index in [1.54, 1.807) is 13.2 Å². The molecular formula is C11H20N2O2. The summed E-state index contributed by atoms with van der Waals surface area (Å²) in [5.74, 6) is -0.389. The maximum Gasteiger partial charge on any atom is 0.241 e. The Hall–Kier alpha value is -0.870. The first-order valence-electron chi connectivity index (χ1n) is 5.44. The molecule has 0 heterocycles. The van der Waals surface area contributed by atoms with Crippen molar-refractivity contribution in [3.8, 4) is 0 Å². The van der Waals surface area contributed by atoms with E-state index in [4.69, 9.17) is 10.5 Å². The molecule has 3 N–H and O–H groups in total. The Balaban J connectivity index is 2.11. The molecule has 1 fully saturated rings. The van der Waals surface area contributed by atoms with Crippen molar-refractivity contribution in [2.75, 3.05) is 13.7 Å². The normalized spacial score (nSPS) is 27.0. The van der Waals surface area contributed by atoms with E-state index in [0.717, 1.165) is 25.7 Å². The van der Waals surface area contributed by atoms with Gasteiger partial charge in [-0.05, 0) is 31.8 Å². The second kappa shape index (κ2) is 6.58. The predicted octanol–water partition coefficient (Wildman–Crippen LogP) is 0.575. The second-order valence-electron chi connectivity index (χ2n) is 3.92. The fourth-order valence-corrected chi connectivity index (χ4v) is 1.91. The third kappa shape index (κ3) is 4.95. The Morgan fingerprint density at radius 3 is 2.67 bits per heavy atom. The molecule has 0 aromatic rings. The van der Waals surface area contributed by atoms with E-state index in [0.29, 0.717) is 18.7 Å². The van der Waals surface area contributed by atoms with Gasteiger partial charge in [-0.1, -0.05) is 6.08 Å². The quantitative estimate of drug-likeness (QED) is 0.655. The van der Waals surface area contributed by atoms with Crippen molar-refractivity contribution >= 4 is 5.91 Å². The van der Waals surface area contributed by atoms with E-state index in [1.165, 1.54) is 6.08 Å². The molecular weight excluding hydrogens is 192 g/mol. The number of methoxy groups -OCH3 is 1. The zero-order valence-electron chi connectivity index (χ0n) is 9.24. The molecule has 0 radical (unpaired) electrons. The van der Waals surface area contributed by atoms with Crippen molar-refractivity contribution in [2.45, 2.75) is 37.8 Å². The minimum Gasteiger partial charge on any atom is -0.381 e. The SMILES string of the molecule is COC1CCC(NCC=CC(N)=O)CC1. The number of nitrogens with two attached hydrogens (primary N) is 1. The summed E-state index contributed by atoms with van der Waals surface area (Å²) in [6.45, 7) is 0.714. The van der Waals surface area contributed by atoms with E-state index in [-0.39, 0.29) is 5.91 Å². The van der Waals surface area contributed by atoms with Gasteiger partial charge >= 0.3 is 0 Å². The van der Waals surface area contributed by atoms with Gasteiger partial charge < -0.3 is 15.8 Å². The van der Waals surface area contributed by atoms with Crippen LogP contribution in [0.4, 0.5) is 0 Å². The highest BCUT2D eigenvalue weighted by molar-refractivity contribution is 5.85. The van der Waals surface area contributed by atoms with Crippen molar-refractivity contribution in [1.29, 1.82) is 0 Å². The average molecular weight is 212 g/mol.